The Hall–Kier alpha value is -0.840. The minimum absolute atomic E-state index is 0.689. The number of rotatable bonds is 6. The summed E-state index contributed by atoms with van der Waals surface area (Å²) in [6.07, 6.45) is 0. The molecule has 0 radical (unpaired) electrons. The lowest BCUT2D eigenvalue weighted by Crippen LogP contribution is -2.20. The fourth-order valence-corrected chi connectivity index (χ4v) is 3.33. The zero-order valence-corrected chi connectivity index (χ0v) is 13.6. The van der Waals surface area contributed by atoms with Crippen molar-refractivity contribution in [2.75, 3.05) is 13.2 Å². The van der Waals surface area contributed by atoms with Crippen LogP contribution in [0, 0.1) is 13.8 Å². The molecule has 4 heteroatoms. The summed E-state index contributed by atoms with van der Waals surface area (Å²) in [5, 5.41) is 3.39. The predicted molar refractivity (Wildman–Crippen MR) is 85.1 cm³/mol. The van der Waals surface area contributed by atoms with Gasteiger partial charge in [0.2, 0.25) is 0 Å². The molecule has 2 aromatic rings. The molecule has 2 rings (SSSR count). The molecule has 0 saturated heterocycles. The average Bonchev–Trinajstić information content (AvgIpc) is 2.68. The van der Waals surface area contributed by atoms with Gasteiger partial charge in [-0.05, 0) is 53.5 Å². The largest absolute Gasteiger partial charge is 0.492 e. The van der Waals surface area contributed by atoms with Crippen LogP contribution in [-0.4, -0.2) is 13.2 Å². The molecule has 1 aromatic carbocycles. The van der Waals surface area contributed by atoms with Gasteiger partial charge in [-0.3, -0.25) is 0 Å². The van der Waals surface area contributed by atoms with E-state index in [1.165, 1.54) is 19.8 Å². The Morgan fingerprint density at radius 2 is 2.11 bits per heavy atom. The number of nitrogens with one attached hydrogen (secondary N) is 1. The third-order valence-electron chi connectivity index (χ3n) is 2.74. The molecule has 0 aliphatic heterocycles. The van der Waals surface area contributed by atoms with E-state index < -0.39 is 0 Å². The lowest BCUT2D eigenvalue weighted by atomic mass is 10.2. The van der Waals surface area contributed by atoms with Crippen LogP contribution in [0.1, 0.15) is 15.3 Å². The molecule has 0 unspecified atom stereocenters. The number of halogens is 1. The first kappa shape index (κ1) is 14.6. The predicted octanol–water partition coefficient (Wildman–Crippen LogP) is 4.30. The molecule has 0 saturated carbocycles. The third kappa shape index (κ3) is 4.64. The van der Waals surface area contributed by atoms with Gasteiger partial charge >= 0.3 is 0 Å². The van der Waals surface area contributed by atoms with Crippen molar-refractivity contribution in [2.45, 2.75) is 20.4 Å². The highest BCUT2D eigenvalue weighted by Crippen LogP contribution is 2.25. The molecule has 19 heavy (non-hydrogen) atoms. The van der Waals surface area contributed by atoms with Crippen LogP contribution in [0.25, 0.3) is 0 Å². The van der Waals surface area contributed by atoms with Crippen LogP contribution in [-0.2, 0) is 6.54 Å². The number of benzene rings is 1. The summed E-state index contributed by atoms with van der Waals surface area (Å²) in [5.74, 6) is 0.941. The Morgan fingerprint density at radius 1 is 1.26 bits per heavy atom. The Bertz CT molecular complexity index is 519. The van der Waals surface area contributed by atoms with Gasteiger partial charge in [-0.1, -0.05) is 12.1 Å². The fraction of sp³-hybridized carbons (Fsp3) is 0.333. The minimum Gasteiger partial charge on any atom is -0.492 e. The smallest absolute Gasteiger partial charge is 0.119 e. The first-order valence-corrected chi connectivity index (χ1v) is 7.91. The van der Waals surface area contributed by atoms with Gasteiger partial charge in [0.05, 0.1) is 0 Å². The van der Waals surface area contributed by atoms with Gasteiger partial charge in [-0.25, -0.2) is 0 Å². The molecule has 102 valence electrons. The molecule has 0 aliphatic rings. The molecule has 0 spiro atoms. The van der Waals surface area contributed by atoms with Gasteiger partial charge in [0.1, 0.15) is 12.4 Å². The number of aryl methyl sites for hydroxylation is 2. The number of thiophene rings is 1. The second kappa shape index (κ2) is 7.08. The fourth-order valence-electron chi connectivity index (χ4n) is 1.76. The lowest BCUT2D eigenvalue weighted by Gasteiger charge is -2.07. The van der Waals surface area contributed by atoms with Crippen LogP contribution in [0.4, 0.5) is 0 Å². The van der Waals surface area contributed by atoms with Crippen molar-refractivity contribution in [3.8, 4) is 5.75 Å². The molecule has 1 heterocycles. The van der Waals surface area contributed by atoms with Crippen molar-refractivity contribution >= 4 is 27.3 Å². The van der Waals surface area contributed by atoms with Crippen molar-refractivity contribution in [3.63, 3.8) is 0 Å². The maximum atomic E-state index is 5.69. The number of ether oxygens (including phenoxy) is 1. The first-order valence-electron chi connectivity index (χ1n) is 6.30. The first-order chi connectivity index (χ1) is 9.15. The second-order valence-electron chi connectivity index (χ2n) is 4.46. The van der Waals surface area contributed by atoms with Crippen molar-refractivity contribution in [2.24, 2.45) is 0 Å². The Morgan fingerprint density at radius 3 is 2.79 bits per heavy atom. The second-order valence-corrected chi connectivity index (χ2v) is 6.65. The molecule has 0 atom stereocenters. The van der Waals surface area contributed by atoms with E-state index in [9.17, 15) is 0 Å². The van der Waals surface area contributed by atoms with Crippen LogP contribution in [0.2, 0.25) is 0 Å². The van der Waals surface area contributed by atoms with E-state index in [1.54, 1.807) is 0 Å². The van der Waals surface area contributed by atoms with Crippen LogP contribution < -0.4 is 10.1 Å². The van der Waals surface area contributed by atoms with Crippen LogP contribution in [0.3, 0.4) is 0 Å². The molecule has 0 fully saturated rings. The van der Waals surface area contributed by atoms with Crippen molar-refractivity contribution in [1.29, 1.82) is 0 Å². The van der Waals surface area contributed by atoms with E-state index in [-0.39, 0.29) is 0 Å². The summed E-state index contributed by atoms with van der Waals surface area (Å²) in [6.45, 7) is 6.63. The minimum atomic E-state index is 0.689. The molecule has 1 N–H and O–H groups in total. The van der Waals surface area contributed by atoms with Crippen LogP contribution >= 0.6 is 27.3 Å². The Labute approximate surface area is 126 Å². The van der Waals surface area contributed by atoms with E-state index in [0.29, 0.717) is 6.61 Å². The zero-order chi connectivity index (χ0) is 13.7. The summed E-state index contributed by atoms with van der Waals surface area (Å²) in [4.78, 5) is 2.67. The highest BCUT2D eigenvalue weighted by atomic mass is 79.9. The number of hydrogen-bond donors (Lipinski definition) is 1. The van der Waals surface area contributed by atoms with E-state index in [1.807, 2.05) is 23.5 Å². The highest BCUT2D eigenvalue weighted by molar-refractivity contribution is 9.10. The monoisotopic (exact) mass is 339 g/mol. The van der Waals surface area contributed by atoms with Gasteiger partial charge in [-0.2, -0.15) is 0 Å². The van der Waals surface area contributed by atoms with E-state index >= 15 is 0 Å². The summed E-state index contributed by atoms with van der Waals surface area (Å²) < 4.78 is 6.88. The normalized spacial score (nSPS) is 10.7. The lowest BCUT2D eigenvalue weighted by molar-refractivity contribution is 0.313. The van der Waals surface area contributed by atoms with Gasteiger partial charge in [0.15, 0.2) is 0 Å². The third-order valence-corrected chi connectivity index (χ3v) is 4.88. The highest BCUT2D eigenvalue weighted by Gasteiger charge is 2.02. The topological polar surface area (TPSA) is 21.3 Å². The van der Waals surface area contributed by atoms with Crippen molar-refractivity contribution in [1.82, 2.24) is 5.32 Å². The summed E-state index contributed by atoms with van der Waals surface area (Å²) in [6, 6.07) is 10.3. The molecule has 2 nitrogen and oxygen atoms in total. The van der Waals surface area contributed by atoms with Crippen LogP contribution in [0.15, 0.2) is 34.8 Å². The van der Waals surface area contributed by atoms with Gasteiger partial charge in [0, 0.05) is 27.3 Å². The molecular weight excluding hydrogens is 322 g/mol. The van der Waals surface area contributed by atoms with Crippen LogP contribution in [0.5, 0.6) is 5.75 Å². The maximum Gasteiger partial charge on any atom is 0.119 e. The average molecular weight is 340 g/mol. The summed E-state index contributed by atoms with van der Waals surface area (Å²) >= 11 is 5.35. The number of hydrogen-bond acceptors (Lipinski definition) is 3. The van der Waals surface area contributed by atoms with Crippen molar-refractivity contribution < 1.29 is 4.74 Å². The summed E-state index contributed by atoms with van der Waals surface area (Å²) in [7, 11) is 0. The van der Waals surface area contributed by atoms with Crippen molar-refractivity contribution in [3.05, 3.63) is 50.1 Å². The van der Waals surface area contributed by atoms with E-state index in [4.69, 9.17) is 4.74 Å². The van der Waals surface area contributed by atoms with Gasteiger partial charge in [-0.15, -0.1) is 11.3 Å². The van der Waals surface area contributed by atoms with E-state index in [2.05, 4.69) is 53.3 Å². The molecular formula is C15H18BrNOS. The summed E-state index contributed by atoms with van der Waals surface area (Å²) in [5.41, 5.74) is 1.23. The molecule has 0 amide bonds. The SMILES string of the molecule is Cc1cccc(OCCNCc2cc(Br)c(C)s2)c1. The Balaban J connectivity index is 1.67. The molecule has 1 aromatic heterocycles. The standard InChI is InChI=1S/C15H18BrNOS/c1-11-4-3-5-13(8-11)18-7-6-17-10-14-9-15(16)12(2)19-14/h3-5,8-9,17H,6-7,10H2,1-2H3. The molecule has 0 aliphatic carbocycles. The van der Waals surface area contributed by atoms with Gasteiger partial charge in [0.25, 0.3) is 0 Å². The Kier molecular flexibility index (Phi) is 5.43. The zero-order valence-electron chi connectivity index (χ0n) is 11.2. The maximum absolute atomic E-state index is 5.69. The van der Waals surface area contributed by atoms with Gasteiger partial charge < -0.3 is 10.1 Å². The van der Waals surface area contributed by atoms with E-state index in [0.717, 1.165) is 18.8 Å². The molecule has 0 bridgehead atoms. The quantitative estimate of drug-likeness (QED) is 0.792.